The number of carbonyl (C=O) groups is 1. The zero-order valence-corrected chi connectivity index (χ0v) is 10.7. The van der Waals surface area contributed by atoms with Crippen LogP contribution < -0.4 is 5.32 Å². The molecule has 19 heavy (non-hydrogen) atoms. The van der Waals surface area contributed by atoms with E-state index in [0.29, 0.717) is 13.1 Å². The zero-order chi connectivity index (χ0) is 13.7. The molecule has 0 saturated heterocycles. The number of hydrogen-bond donors (Lipinski definition) is 2. The molecule has 0 atom stereocenters. The van der Waals surface area contributed by atoms with E-state index in [1.807, 2.05) is 17.8 Å². The maximum absolute atomic E-state index is 10.6. The van der Waals surface area contributed by atoms with Crippen molar-refractivity contribution in [3.8, 4) is 0 Å². The lowest BCUT2D eigenvalue weighted by molar-refractivity contribution is 0.0690. The Morgan fingerprint density at radius 3 is 2.95 bits per heavy atom. The van der Waals surface area contributed by atoms with Crippen LogP contribution in [-0.4, -0.2) is 48.7 Å². The molecule has 0 bridgehead atoms. The van der Waals surface area contributed by atoms with Crippen LogP contribution in [0.15, 0.2) is 18.6 Å². The molecule has 102 valence electrons. The van der Waals surface area contributed by atoms with Crippen LogP contribution in [0, 0.1) is 0 Å². The van der Waals surface area contributed by atoms with E-state index < -0.39 is 5.97 Å². The molecule has 0 aliphatic carbocycles. The van der Waals surface area contributed by atoms with E-state index in [0.717, 1.165) is 18.8 Å². The highest BCUT2D eigenvalue weighted by Gasteiger charge is 2.07. The largest absolute Gasteiger partial charge is 0.476 e. The third kappa shape index (κ3) is 3.62. The van der Waals surface area contributed by atoms with Crippen molar-refractivity contribution in [1.82, 2.24) is 29.9 Å². The van der Waals surface area contributed by atoms with Gasteiger partial charge in [-0.3, -0.25) is 4.68 Å². The van der Waals surface area contributed by atoms with Gasteiger partial charge in [-0.15, -0.1) is 5.10 Å². The molecule has 0 aliphatic heterocycles. The van der Waals surface area contributed by atoms with E-state index in [9.17, 15) is 4.79 Å². The Bertz CT molecular complexity index is 547. The van der Waals surface area contributed by atoms with Crippen LogP contribution in [0.25, 0.3) is 0 Å². The Labute approximate surface area is 110 Å². The average Bonchev–Trinajstić information content (AvgIpc) is 2.99. The molecule has 2 heterocycles. The first-order valence-corrected chi connectivity index (χ1v) is 5.97. The van der Waals surface area contributed by atoms with Gasteiger partial charge < -0.3 is 15.0 Å². The summed E-state index contributed by atoms with van der Waals surface area (Å²) in [7, 11) is 1.96. The maximum atomic E-state index is 10.6. The summed E-state index contributed by atoms with van der Waals surface area (Å²) >= 11 is 0. The van der Waals surface area contributed by atoms with Crippen molar-refractivity contribution in [2.45, 2.75) is 13.0 Å². The molecule has 2 rings (SSSR count). The van der Waals surface area contributed by atoms with Gasteiger partial charge in [0.25, 0.3) is 0 Å². The van der Waals surface area contributed by atoms with Crippen LogP contribution in [0.4, 0.5) is 0 Å². The molecule has 0 saturated carbocycles. The van der Waals surface area contributed by atoms with E-state index >= 15 is 0 Å². The summed E-state index contributed by atoms with van der Waals surface area (Å²) in [6.07, 6.45) is 5.96. The van der Waals surface area contributed by atoms with Crippen molar-refractivity contribution in [2.75, 3.05) is 13.1 Å². The van der Waals surface area contributed by atoms with Gasteiger partial charge in [-0.2, -0.15) is 0 Å². The van der Waals surface area contributed by atoms with Gasteiger partial charge in [-0.1, -0.05) is 5.21 Å². The Hall–Kier alpha value is -2.22. The van der Waals surface area contributed by atoms with Crippen LogP contribution in [0.5, 0.6) is 0 Å². The Morgan fingerprint density at radius 1 is 1.47 bits per heavy atom. The van der Waals surface area contributed by atoms with Gasteiger partial charge in [0, 0.05) is 39.0 Å². The fraction of sp³-hybridized carbons (Fsp3) is 0.455. The summed E-state index contributed by atoms with van der Waals surface area (Å²) in [6, 6.07) is 0. The van der Waals surface area contributed by atoms with Crippen LogP contribution in [0.2, 0.25) is 0 Å². The SMILES string of the molecule is Cn1ccnc1CCNCCn1cc(C(=O)O)nn1. The van der Waals surface area contributed by atoms with E-state index in [4.69, 9.17) is 5.11 Å². The van der Waals surface area contributed by atoms with Crippen LogP contribution in [0.1, 0.15) is 16.3 Å². The van der Waals surface area contributed by atoms with Crippen molar-refractivity contribution in [3.05, 3.63) is 30.1 Å². The van der Waals surface area contributed by atoms with Gasteiger partial charge in [0.15, 0.2) is 5.69 Å². The first-order chi connectivity index (χ1) is 9.16. The van der Waals surface area contributed by atoms with E-state index in [2.05, 4.69) is 20.6 Å². The summed E-state index contributed by atoms with van der Waals surface area (Å²) < 4.78 is 3.50. The topological polar surface area (TPSA) is 97.9 Å². The molecule has 0 aliphatic rings. The fourth-order valence-corrected chi connectivity index (χ4v) is 1.66. The van der Waals surface area contributed by atoms with E-state index in [1.165, 1.54) is 10.9 Å². The molecule has 2 aromatic heterocycles. The molecule has 8 heteroatoms. The lowest BCUT2D eigenvalue weighted by Gasteiger charge is -2.04. The Kier molecular flexibility index (Phi) is 4.24. The first kappa shape index (κ1) is 13.2. The van der Waals surface area contributed by atoms with Gasteiger partial charge >= 0.3 is 5.97 Å². The number of aromatic nitrogens is 5. The first-order valence-electron chi connectivity index (χ1n) is 5.97. The smallest absolute Gasteiger partial charge is 0.358 e. The second-order valence-electron chi connectivity index (χ2n) is 4.13. The van der Waals surface area contributed by atoms with Crippen LogP contribution in [-0.2, 0) is 20.0 Å². The lowest BCUT2D eigenvalue weighted by atomic mass is 10.4. The highest BCUT2D eigenvalue weighted by molar-refractivity contribution is 5.84. The molecule has 0 radical (unpaired) electrons. The number of aryl methyl sites for hydroxylation is 1. The number of aromatic carboxylic acids is 1. The number of nitrogens with one attached hydrogen (secondary N) is 1. The van der Waals surface area contributed by atoms with Crippen LogP contribution >= 0.6 is 0 Å². The highest BCUT2D eigenvalue weighted by Crippen LogP contribution is 1.94. The van der Waals surface area contributed by atoms with Crippen molar-refractivity contribution < 1.29 is 9.90 Å². The van der Waals surface area contributed by atoms with Gasteiger partial charge in [-0.25, -0.2) is 9.78 Å². The minimum absolute atomic E-state index is 0.0342. The van der Waals surface area contributed by atoms with Crippen molar-refractivity contribution in [3.63, 3.8) is 0 Å². The number of nitrogens with zero attached hydrogens (tertiary/aromatic N) is 5. The number of imidazole rings is 1. The third-order valence-corrected chi connectivity index (χ3v) is 2.72. The number of carboxylic acid groups (broad SMARTS) is 1. The van der Waals surface area contributed by atoms with Gasteiger partial charge in [0.05, 0.1) is 12.7 Å². The highest BCUT2D eigenvalue weighted by atomic mass is 16.4. The molecule has 0 fully saturated rings. The summed E-state index contributed by atoms with van der Waals surface area (Å²) in [5, 5.41) is 19.2. The molecule has 0 aromatic carbocycles. The molecule has 8 nitrogen and oxygen atoms in total. The standard InChI is InChI=1S/C11H16N6O2/c1-16-6-5-13-10(16)2-3-12-4-7-17-8-9(11(18)19)14-15-17/h5-6,8,12H,2-4,7H2,1H3,(H,18,19). The summed E-state index contributed by atoms with van der Waals surface area (Å²) in [6.45, 7) is 2.10. The van der Waals surface area contributed by atoms with Gasteiger partial charge in [0.1, 0.15) is 5.82 Å². The predicted molar refractivity (Wildman–Crippen MR) is 66.8 cm³/mol. The molecule has 0 spiro atoms. The number of hydrogen-bond acceptors (Lipinski definition) is 5. The molecule has 2 N–H and O–H groups in total. The molecular weight excluding hydrogens is 248 g/mol. The summed E-state index contributed by atoms with van der Waals surface area (Å²) in [5.74, 6) is -0.0320. The predicted octanol–water partition coefficient (Wildman–Crippen LogP) is -0.458. The van der Waals surface area contributed by atoms with Gasteiger partial charge in [-0.05, 0) is 0 Å². The van der Waals surface area contributed by atoms with E-state index in [-0.39, 0.29) is 5.69 Å². The minimum atomic E-state index is -1.06. The molecular formula is C11H16N6O2. The fourth-order valence-electron chi connectivity index (χ4n) is 1.66. The second-order valence-corrected chi connectivity index (χ2v) is 4.13. The Morgan fingerprint density at radius 2 is 2.32 bits per heavy atom. The molecule has 0 unspecified atom stereocenters. The molecule has 2 aromatic rings. The van der Waals surface area contributed by atoms with Crippen LogP contribution in [0.3, 0.4) is 0 Å². The zero-order valence-electron chi connectivity index (χ0n) is 10.7. The van der Waals surface area contributed by atoms with E-state index in [1.54, 1.807) is 6.20 Å². The van der Waals surface area contributed by atoms with Gasteiger partial charge in [0.2, 0.25) is 0 Å². The maximum Gasteiger partial charge on any atom is 0.358 e. The van der Waals surface area contributed by atoms with Crippen molar-refractivity contribution >= 4 is 5.97 Å². The third-order valence-electron chi connectivity index (χ3n) is 2.72. The lowest BCUT2D eigenvalue weighted by Crippen LogP contribution is -2.23. The van der Waals surface area contributed by atoms with Crippen molar-refractivity contribution in [1.29, 1.82) is 0 Å². The van der Waals surface area contributed by atoms with Crippen molar-refractivity contribution in [2.24, 2.45) is 7.05 Å². The Balaban J connectivity index is 1.66. The molecule has 0 amide bonds. The number of rotatable bonds is 7. The number of carboxylic acids is 1. The monoisotopic (exact) mass is 264 g/mol. The summed E-state index contributed by atoms with van der Waals surface area (Å²) in [4.78, 5) is 14.8. The second kappa shape index (κ2) is 6.10. The quantitative estimate of drug-likeness (QED) is 0.657. The normalized spacial score (nSPS) is 10.8. The minimum Gasteiger partial charge on any atom is -0.476 e. The summed E-state index contributed by atoms with van der Waals surface area (Å²) in [5.41, 5.74) is -0.0342. The average molecular weight is 264 g/mol.